The Morgan fingerprint density at radius 1 is 1.14 bits per heavy atom. The molecule has 1 aliphatic rings. The fraction of sp³-hybridized carbons (Fsp3) is 0.192. The first kappa shape index (κ1) is 24.0. The second-order valence-corrected chi connectivity index (χ2v) is 8.51. The number of hydrogen-bond donors (Lipinski definition) is 2. The van der Waals surface area contributed by atoms with Crippen LogP contribution < -0.4 is 10.2 Å². The predicted octanol–water partition coefficient (Wildman–Crippen LogP) is 3.78. The average Bonchev–Trinajstić information content (AvgIpc) is 3.48. The molecule has 0 atom stereocenters. The molecule has 1 aliphatic heterocycles. The van der Waals surface area contributed by atoms with Crippen LogP contribution in [0.4, 0.5) is 20.4 Å². The highest BCUT2D eigenvalue weighted by atomic mass is 19.2. The molecule has 0 radical (unpaired) electrons. The molecule has 4 aromatic rings. The summed E-state index contributed by atoms with van der Waals surface area (Å²) in [5.41, 5.74) is 2.00. The van der Waals surface area contributed by atoms with Crippen LogP contribution in [0.15, 0.2) is 42.7 Å². The van der Waals surface area contributed by atoms with Crippen LogP contribution in [0.25, 0.3) is 22.5 Å². The van der Waals surface area contributed by atoms with Gasteiger partial charge >= 0.3 is 0 Å². The molecule has 2 N–H and O–H groups in total. The minimum absolute atomic E-state index is 0.0218. The number of amides is 1. The van der Waals surface area contributed by atoms with E-state index in [1.165, 1.54) is 11.0 Å². The lowest BCUT2D eigenvalue weighted by Crippen LogP contribution is -2.24. The molecule has 3 heterocycles. The number of halogens is 2. The minimum atomic E-state index is -1.17. The van der Waals surface area contributed by atoms with Gasteiger partial charge in [-0.2, -0.15) is 5.26 Å². The third kappa shape index (κ3) is 4.07. The van der Waals surface area contributed by atoms with Gasteiger partial charge in [0.05, 0.1) is 24.8 Å². The highest BCUT2D eigenvalue weighted by Crippen LogP contribution is 2.37. The van der Waals surface area contributed by atoms with Gasteiger partial charge in [-0.15, -0.1) is 10.2 Å². The summed E-state index contributed by atoms with van der Waals surface area (Å²) in [6, 6.07) is 11.9. The summed E-state index contributed by atoms with van der Waals surface area (Å²) in [5, 5.41) is 30.2. The SMILES string of the molecule is CCNc1cc(-c2cc(C#N)ccc2-c2nncn2C)cc(N2Cc3c(cc(CO)c(F)c3F)C2=O)n1. The number of nitriles is 1. The largest absolute Gasteiger partial charge is 0.392 e. The van der Waals surface area contributed by atoms with Gasteiger partial charge < -0.3 is 15.0 Å². The molecule has 37 heavy (non-hydrogen) atoms. The maximum absolute atomic E-state index is 14.7. The normalized spacial score (nSPS) is 12.5. The molecule has 0 saturated carbocycles. The lowest BCUT2D eigenvalue weighted by atomic mass is 9.97. The van der Waals surface area contributed by atoms with Crippen molar-refractivity contribution in [2.24, 2.45) is 7.05 Å². The third-order valence-electron chi connectivity index (χ3n) is 6.20. The first-order valence-corrected chi connectivity index (χ1v) is 11.4. The van der Waals surface area contributed by atoms with Gasteiger partial charge in [0.15, 0.2) is 17.5 Å². The van der Waals surface area contributed by atoms with E-state index in [1.807, 2.05) is 6.92 Å². The Kier molecular flexibility index (Phi) is 6.11. The maximum Gasteiger partial charge on any atom is 0.260 e. The molecule has 9 nitrogen and oxygen atoms in total. The van der Waals surface area contributed by atoms with Crippen molar-refractivity contribution in [1.82, 2.24) is 19.7 Å². The van der Waals surface area contributed by atoms with Gasteiger partial charge in [-0.1, -0.05) is 0 Å². The number of nitrogens with one attached hydrogen (secondary N) is 1. The van der Waals surface area contributed by atoms with Crippen molar-refractivity contribution < 1.29 is 18.7 Å². The van der Waals surface area contributed by atoms with E-state index in [4.69, 9.17) is 0 Å². The molecular weight excluding hydrogens is 480 g/mol. The van der Waals surface area contributed by atoms with Gasteiger partial charge in [0.2, 0.25) is 0 Å². The second-order valence-electron chi connectivity index (χ2n) is 8.51. The summed E-state index contributed by atoms with van der Waals surface area (Å²) in [5.74, 6) is -1.66. The number of pyridine rings is 1. The fourth-order valence-corrected chi connectivity index (χ4v) is 4.39. The Hall–Kier alpha value is -4.69. The number of nitrogens with zero attached hydrogens (tertiary/aromatic N) is 6. The smallest absolute Gasteiger partial charge is 0.260 e. The number of anilines is 2. The van der Waals surface area contributed by atoms with Gasteiger partial charge in [0.1, 0.15) is 18.0 Å². The lowest BCUT2D eigenvalue weighted by Gasteiger charge is -2.19. The summed E-state index contributed by atoms with van der Waals surface area (Å²) in [4.78, 5) is 19.1. The van der Waals surface area contributed by atoms with Crippen molar-refractivity contribution in [2.45, 2.75) is 20.1 Å². The van der Waals surface area contributed by atoms with Crippen LogP contribution in [0.1, 0.15) is 34.0 Å². The van der Waals surface area contributed by atoms with Crippen molar-refractivity contribution in [1.29, 1.82) is 5.26 Å². The molecular formula is C26H21F2N7O2. The third-order valence-corrected chi connectivity index (χ3v) is 6.20. The lowest BCUT2D eigenvalue weighted by molar-refractivity contribution is 0.0995. The van der Waals surface area contributed by atoms with Crippen molar-refractivity contribution in [2.75, 3.05) is 16.8 Å². The standard InChI is InChI=1S/C26H21F2N7O2/c1-3-30-21-8-15(18-6-14(10-29)4-5-17(18)25-33-31-13-34(25)2)9-22(32-21)35-11-20-19(26(35)37)7-16(12-36)23(27)24(20)28/h4-9,13,36H,3,11-12H2,1-2H3,(H,30,32). The van der Waals surface area contributed by atoms with E-state index >= 15 is 0 Å². The van der Waals surface area contributed by atoms with Crippen LogP contribution in [0.3, 0.4) is 0 Å². The molecule has 0 saturated heterocycles. The van der Waals surface area contributed by atoms with E-state index in [0.29, 0.717) is 40.4 Å². The number of rotatable bonds is 6. The monoisotopic (exact) mass is 501 g/mol. The van der Waals surface area contributed by atoms with Crippen LogP contribution in [0, 0.1) is 23.0 Å². The van der Waals surface area contributed by atoms with E-state index in [-0.39, 0.29) is 29.1 Å². The van der Waals surface area contributed by atoms with Gasteiger partial charge in [-0.25, -0.2) is 13.8 Å². The van der Waals surface area contributed by atoms with E-state index in [1.54, 1.807) is 48.3 Å². The number of fused-ring (bicyclic) bond motifs is 1. The quantitative estimate of drug-likeness (QED) is 0.413. The zero-order valence-corrected chi connectivity index (χ0v) is 20.0. The van der Waals surface area contributed by atoms with Crippen molar-refractivity contribution in [3.63, 3.8) is 0 Å². The summed E-state index contributed by atoms with van der Waals surface area (Å²) in [6.07, 6.45) is 1.56. The zero-order valence-electron chi connectivity index (χ0n) is 20.0. The molecule has 186 valence electrons. The minimum Gasteiger partial charge on any atom is -0.392 e. The molecule has 0 spiro atoms. The molecule has 0 aliphatic carbocycles. The Morgan fingerprint density at radius 3 is 2.62 bits per heavy atom. The number of carbonyl (C=O) groups is 1. The highest BCUT2D eigenvalue weighted by Gasteiger charge is 2.34. The predicted molar refractivity (Wildman–Crippen MR) is 131 cm³/mol. The number of aliphatic hydroxyl groups excluding tert-OH is 1. The topological polar surface area (TPSA) is 120 Å². The van der Waals surface area contributed by atoms with Crippen molar-refractivity contribution >= 4 is 17.5 Å². The Bertz CT molecular complexity index is 1590. The summed E-state index contributed by atoms with van der Waals surface area (Å²) in [7, 11) is 1.80. The molecule has 0 bridgehead atoms. The van der Waals surface area contributed by atoms with Crippen LogP contribution in [0.2, 0.25) is 0 Å². The van der Waals surface area contributed by atoms with Crippen LogP contribution in [-0.4, -0.2) is 37.3 Å². The van der Waals surface area contributed by atoms with E-state index < -0.39 is 24.1 Å². The maximum atomic E-state index is 14.7. The summed E-state index contributed by atoms with van der Waals surface area (Å²) >= 11 is 0. The first-order chi connectivity index (χ1) is 17.9. The number of hydrogen-bond acceptors (Lipinski definition) is 7. The van der Waals surface area contributed by atoms with E-state index in [9.17, 15) is 23.9 Å². The molecule has 11 heteroatoms. The number of aliphatic hydroxyl groups is 1. The van der Waals surface area contributed by atoms with Crippen LogP contribution in [-0.2, 0) is 20.2 Å². The van der Waals surface area contributed by atoms with Crippen molar-refractivity contribution in [3.05, 3.63) is 76.6 Å². The van der Waals surface area contributed by atoms with E-state index in [2.05, 4.69) is 26.6 Å². The second kappa shape index (κ2) is 9.40. The van der Waals surface area contributed by atoms with Gasteiger partial charge in [0, 0.05) is 35.8 Å². The van der Waals surface area contributed by atoms with Crippen molar-refractivity contribution in [3.8, 4) is 28.6 Å². The van der Waals surface area contributed by atoms with Gasteiger partial charge in [-0.3, -0.25) is 9.69 Å². The molecule has 0 fully saturated rings. The van der Waals surface area contributed by atoms with Gasteiger partial charge in [0.25, 0.3) is 5.91 Å². The first-order valence-electron chi connectivity index (χ1n) is 11.4. The number of benzene rings is 2. The fourth-order valence-electron chi connectivity index (χ4n) is 4.39. The molecule has 2 aromatic heterocycles. The Morgan fingerprint density at radius 2 is 1.95 bits per heavy atom. The zero-order chi connectivity index (χ0) is 26.3. The summed E-state index contributed by atoms with van der Waals surface area (Å²) < 4.78 is 30.8. The number of carbonyl (C=O) groups excluding carboxylic acids is 1. The molecule has 1 amide bonds. The Balaban J connectivity index is 1.67. The van der Waals surface area contributed by atoms with Crippen LogP contribution in [0.5, 0.6) is 0 Å². The molecule has 2 aromatic carbocycles. The number of aryl methyl sites for hydroxylation is 1. The molecule has 0 unspecified atom stereocenters. The van der Waals surface area contributed by atoms with Gasteiger partial charge in [-0.05, 0) is 54.4 Å². The highest BCUT2D eigenvalue weighted by molar-refractivity contribution is 6.10. The summed E-state index contributed by atoms with van der Waals surface area (Å²) in [6.45, 7) is 1.47. The van der Waals surface area contributed by atoms with E-state index in [0.717, 1.165) is 0 Å². The number of aromatic nitrogens is 4. The Labute approximate surface area is 210 Å². The van der Waals surface area contributed by atoms with Crippen LogP contribution >= 0.6 is 0 Å². The average molecular weight is 501 g/mol. The molecule has 5 rings (SSSR count).